The van der Waals surface area contributed by atoms with Crippen molar-refractivity contribution in [3.05, 3.63) is 77.8 Å². The predicted molar refractivity (Wildman–Crippen MR) is 139 cm³/mol. The van der Waals surface area contributed by atoms with Crippen molar-refractivity contribution in [2.24, 2.45) is 0 Å². The summed E-state index contributed by atoms with van der Waals surface area (Å²) in [6, 6.07) is 14.2. The Kier molecular flexibility index (Phi) is 7.17. The number of amides is 1. The zero-order chi connectivity index (χ0) is 25.7. The van der Waals surface area contributed by atoms with Crippen molar-refractivity contribution in [1.82, 2.24) is 25.0 Å². The van der Waals surface area contributed by atoms with E-state index in [1.54, 1.807) is 49.6 Å². The highest BCUT2D eigenvalue weighted by Crippen LogP contribution is 2.31. The normalized spacial score (nSPS) is 11.2. The van der Waals surface area contributed by atoms with Crippen LogP contribution in [0.1, 0.15) is 15.9 Å². The number of rotatable bonds is 10. The van der Waals surface area contributed by atoms with Crippen molar-refractivity contribution in [2.45, 2.75) is 6.54 Å². The fourth-order valence-corrected chi connectivity index (χ4v) is 3.94. The molecule has 1 amide bonds. The number of hydrogen-bond donors (Lipinski definition) is 5. The quantitative estimate of drug-likeness (QED) is 0.219. The van der Waals surface area contributed by atoms with E-state index in [0.717, 1.165) is 10.8 Å². The molecule has 5 N–H and O–H groups in total. The Bertz CT molecular complexity index is 1530. The van der Waals surface area contributed by atoms with E-state index in [2.05, 4.69) is 42.2 Å². The molecule has 0 spiro atoms. The molecular formula is C24H25N7O4S. The fraction of sp³-hybridized carbons (Fsp3) is 0.125. The zero-order valence-electron chi connectivity index (χ0n) is 19.6. The second-order valence-electron chi connectivity index (χ2n) is 7.58. The molecule has 4 aromatic rings. The molecule has 0 bridgehead atoms. The van der Waals surface area contributed by atoms with Gasteiger partial charge in [0, 0.05) is 25.2 Å². The average molecular weight is 508 g/mol. The summed E-state index contributed by atoms with van der Waals surface area (Å²) in [4.78, 5) is 24.5. The van der Waals surface area contributed by atoms with Crippen LogP contribution in [0.4, 0.5) is 23.1 Å². The first-order chi connectivity index (χ1) is 17.3. The van der Waals surface area contributed by atoms with Crippen LogP contribution < -0.4 is 25.4 Å². The number of nitrogens with zero attached hydrogens (tertiary/aromatic N) is 2. The topological polar surface area (TPSA) is 150 Å². The van der Waals surface area contributed by atoms with Gasteiger partial charge in [0.05, 0.1) is 29.4 Å². The summed E-state index contributed by atoms with van der Waals surface area (Å²) in [5, 5.41) is 10.6. The van der Waals surface area contributed by atoms with E-state index in [4.69, 9.17) is 4.74 Å². The number of hydrogen-bond acceptors (Lipinski definition) is 8. The summed E-state index contributed by atoms with van der Waals surface area (Å²) in [6.07, 6.45) is 1.75. The van der Waals surface area contributed by atoms with Crippen molar-refractivity contribution in [3.8, 4) is 5.75 Å². The van der Waals surface area contributed by atoms with Crippen LogP contribution in [0.15, 0.2) is 66.7 Å². The lowest BCUT2D eigenvalue weighted by atomic mass is 10.1. The number of benzene rings is 2. The summed E-state index contributed by atoms with van der Waals surface area (Å²) in [5.74, 6) is 1.02. The number of ether oxygens (including phenoxy) is 1. The van der Waals surface area contributed by atoms with Gasteiger partial charge in [0.2, 0.25) is 16.0 Å². The van der Waals surface area contributed by atoms with Gasteiger partial charge in [0.25, 0.3) is 5.91 Å². The Morgan fingerprint density at radius 2 is 1.92 bits per heavy atom. The van der Waals surface area contributed by atoms with E-state index in [0.29, 0.717) is 39.7 Å². The van der Waals surface area contributed by atoms with Crippen LogP contribution in [0.3, 0.4) is 0 Å². The van der Waals surface area contributed by atoms with Gasteiger partial charge in [-0.2, -0.15) is 9.97 Å². The van der Waals surface area contributed by atoms with E-state index in [-0.39, 0.29) is 18.4 Å². The number of carbonyl (C=O) groups is 1. The zero-order valence-corrected chi connectivity index (χ0v) is 20.4. The van der Waals surface area contributed by atoms with Gasteiger partial charge < -0.3 is 25.7 Å². The van der Waals surface area contributed by atoms with E-state index in [1.807, 2.05) is 12.1 Å². The maximum Gasteiger partial charge on any atom is 0.253 e. The summed E-state index contributed by atoms with van der Waals surface area (Å²) in [6.45, 7) is 3.36. The molecule has 0 atom stereocenters. The molecule has 4 rings (SSSR count). The largest absolute Gasteiger partial charge is 0.495 e. The Labute approximate surface area is 208 Å². The number of fused-ring (bicyclic) bond motifs is 1. The number of sulfonamides is 1. The third-order valence-electron chi connectivity index (χ3n) is 5.28. The first-order valence-corrected chi connectivity index (χ1v) is 12.4. The molecule has 0 saturated carbocycles. The van der Waals surface area contributed by atoms with Crippen molar-refractivity contribution in [1.29, 1.82) is 0 Å². The molecule has 0 saturated heterocycles. The molecule has 12 heteroatoms. The van der Waals surface area contributed by atoms with Gasteiger partial charge in [0.15, 0.2) is 0 Å². The maximum absolute atomic E-state index is 12.3. The summed E-state index contributed by atoms with van der Waals surface area (Å²) < 4.78 is 31.2. The van der Waals surface area contributed by atoms with E-state index >= 15 is 0 Å². The standard InChI is InChI=1S/C24H25N7O4S/c1-4-36(33,34)27-14-15-9-10-19(20(13-15)35-3)29-24-30-21-17(11-12-26-21)22(31-24)28-18-8-6-5-7-16(18)23(32)25-2/h4-13,27H,1,14H2,2-3H3,(H,25,32)(H3,26,28,29,30,31). The van der Waals surface area contributed by atoms with Crippen LogP contribution in [0, 0.1) is 0 Å². The van der Waals surface area contributed by atoms with Gasteiger partial charge in [-0.3, -0.25) is 4.79 Å². The molecule has 2 aromatic heterocycles. The van der Waals surface area contributed by atoms with Gasteiger partial charge in [-0.05, 0) is 35.9 Å². The number of anilines is 4. The van der Waals surface area contributed by atoms with Crippen molar-refractivity contribution >= 4 is 50.1 Å². The lowest BCUT2D eigenvalue weighted by molar-refractivity contribution is 0.0964. The minimum absolute atomic E-state index is 0.0781. The first kappa shape index (κ1) is 24.7. The lowest BCUT2D eigenvalue weighted by Gasteiger charge is -2.14. The third-order valence-corrected chi connectivity index (χ3v) is 6.26. The second-order valence-corrected chi connectivity index (χ2v) is 9.29. The van der Waals surface area contributed by atoms with Crippen LogP contribution >= 0.6 is 0 Å². The highest BCUT2D eigenvalue weighted by molar-refractivity contribution is 7.92. The molecule has 0 aliphatic carbocycles. The van der Waals surface area contributed by atoms with Crippen LogP contribution in [0.25, 0.3) is 11.0 Å². The number of aromatic amines is 1. The van der Waals surface area contributed by atoms with E-state index in [9.17, 15) is 13.2 Å². The predicted octanol–water partition coefficient (Wildman–Crippen LogP) is 3.38. The molecule has 0 fully saturated rings. The molecule has 2 aromatic carbocycles. The van der Waals surface area contributed by atoms with Crippen molar-refractivity contribution in [2.75, 3.05) is 24.8 Å². The molecule has 0 unspecified atom stereocenters. The minimum Gasteiger partial charge on any atom is -0.495 e. The van der Waals surface area contributed by atoms with Crippen molar-refractivity contribution in [3.63, 3.8) is 0 Å². The maximum atomic E-state index is 12.3. The minimum atomic E-state index is -3.55. The first-order valence-electron chi connectivity index (χ1n) is 10.8. The number of aromatic nitrogens is 3. The van der Waals surface area contributed by atoms with Gasteiger partial charge >= 0.3 is 0 Å². The average Bonchev–Trinajstić information content (AvgIpc) is 3.37. The number of para-hydroxylation sites is 1. The van der Waals surface area contributed by atoms with E-state index < -0.39 is 10.0 Å². The summed E-state index contributed by atoms with van der Waals surface area (Å²) >= 11 is 0. The van der Waals surface area contributed by atoms with Crippen LogP contribution in [0.2, 0.25) is 0 Å². The highest BCUT2D eigenvalue weighted by Gasteiger charge is 2.15. The Morgan fingerprint density at radius 1 is 1.11 bits per heavy atom. The molecule has 0 aliphatic heterocycles. The molecule has 0 aliphatic rings. The van der Waals surface area contributed by atoms with Gasteiger partial charge in [-0.25, -0.2) is 13.1 Å². The number of H-pyrrole nitrogens is 1. The Balaban J connectivity index is 1.64. The molecule has 2 heterocycles. The van der Waals surface area contributed by atoms with Crippen LogP contribution in [0.5, 0.6) is 5.75 Å². The number of nitrogens with one attached hydrogen (secondary N) is 5. The van der Waals surface area contributed by atoms with Gasteiger partial charge in [0.1, 0.15) is 17.2 Å². The Morgan fingerprint density at radius 3 is 2.67 bits per heavy atom. The van der Waals surface area contributed by atoms with Crippen molar-refractivity contribution < 1.29 is 17.9 Å². The molecule has 0 radical (unpaired) electrons. The van der Waals surface area contributed by atoms with Gasteiger partial charge in [-0.15, -0.1) is 0 Å². The number of methoxy groups -OCH3 is 1. The summed E-state index contributed by atoms with van der Waals surface area (Å²) in [7, 11) is -0.468. The number of carbonyl (C=O) groups excluding carboxylic acids is 1. The SMILES string of the molecule is C=CS(=O)(=O)NCc1ccc(Nc2nc(Nc3ccccc3C(=O)NC)c3cc[nH]c3n2)c(OC)c1. The second kappa shape index (κ2) is 10.5. The molecule has 186 valence electrons. The van der Waals surface area contributed by atoms with Gasteiger partial charge in [-0.1, -0.05) is 24.8 Å². The van der Waals surface area contributed by atoms with Crippen LogP contribution in [-0.4, -0.2) is 43.4 Å². The lowest BCUT2D eigenvalue weighted by Crippen LogP contribution is -2.20. The molecule has 11 nitrogen and oxygen atoms in total. The third kappa shape index (κ3) is 5.45. The molecular weight excluding hydrogens is 482 g/mol. The Hall–Kier alpha value is -4.42. The monoisotopic (exact) mass is 507 g/mol. The highest BCUT2D eigenvalue weighted by atomic mass is 32.2. The summed E-state index contributed by atoms with van der Waals surface area (Å²) in [5.41, 5.74) is 2.92. The fourth-order valence-electron chi connectivity index (χ4n) is 3.46. The van der Waals surface area contributed by atoms with E-state index in [1.165, 1.54) is 7.11 Å². The molecule has 36 heavy (non-hydrogen) atoms. The van der Waals surface area contributed by atoms with Crippen LogP contribution in [-0.2, 0) is 16.6 Å². The smallest absolute Gasteiger partial charge is 0.253 e.